The van der Waals surface area contributed by atoms with Crippen LogP contribution in [0.15, 0.2) is 18.2 Å². The molecule has 0 aliphatic rings. The molecule has 0 heterocycles. The molecular formula is C12H18ClNO4Si. The van der Waals surface area contributed by atoms with E-state index in [0.29, 0.717) is 12.4 Å². The maximum absolute atomic E-state index is 10.5. The summed E-state index contributed by atoms with van der Waals surface area (Å²) in [6, 6.07) is 5.15. The summed E-state index contributed by atoms with van der Waals surface area (Å²) >= 11 is 5.88. The minimum absolute atomic E-state index is 0.0583. The van der Waals surface area contributed by atoms with Crippen molar-refractivity contribution < 1.29 is 14.4 Å². The number of rotatable bonds is 7. The van der Waals surface area contributed by atoms with E-state index in [0.717, 1.165) is 6.04 Å². The van der Waals surface area contributed by atoms with E-state index < -0.39 is 13.0 Å². The molecule has 0 spiro atoms. The summed E-state index contributed by atoms with van der Waals surface area (Å²) in [7, 11) is -1.10. The van der Waals surface area contributed by atoms with Gasteiger partial charge >= 0.3 is 0 Å². The Balaban J connectivity index is 2.40. The van der Waals surface area contributed by atoms with Crippen LogP contribution in [0.1, 0.15) is 0 Å². The van der Waals surface area contributed by atoms with Crippen molar-refractivity contribution >= 4 is 25.4 Å². The van der Waals surface area contributed by atoms with Crippen molar-refractivity contribution in [3.05, 3.63) is 33.3 Å². The Morgan fingerprint density at radius 1 is 1.37 bits per heavy atom. The van der Waals surface area contributed by atoms with Crippen LogP contribution >= 0.6 is 11.6 Å². The Bertz CT molecular complexity index is 448. The fraction of sp³-hybridized carbons (Fsp3) is 0.500. The van der Waals surface area contributed by atoms with Crippen molar-refractivity contribution in [2.24, 2.45) is 0 Å². The highest BCUT2D eigenvalue weighted by Crippen LogP contribution is 2.28. The third kappa shape index (κ3) is 6.04. The maximum Gasteiger partial charge on any atom is 0.271 e. The van der Waals surface area contributed by atoms with Crippen molar-refractivity contribution in [1.82, 2.24) is 0 Å². The SMILES string of the molecule is C[Si](C)(C)CCOCOc1ccc([N+](=O)[O-])cc1Cl. The molecule has 5 nitrogen and oxygen atoms in total. The molecule has 0 atom stereocenters. The Hall–Kier alpha value is -1.11. The van der Waals surface area contributed by atoms with Gasteiger partial charge in [0.2, 0.25) is 0 Å². The molecule has 0 unspecified atom stereocenters. The molecule has 1 aromatic rings. The number of nitrogens with zero attached hydrogens (tertiary/aromatic N) is 1. The fourth-order valence-corrected chi connectivity index (χ4v) is 2.25. The van der Waals surface area contributed by atoms with Crippen molar-refractivity contribution in [3.8, 4) is 5.75 Å². The number of ether oxygens (including phenoxy) is 2. The first-order valence-corrected chi connectivity index (χ1v) is 10.0. The first-order valence-electron chi connectivity index (χ1n) is 5.94. The van der Waals surface area contributed by atoms with Gasteiger partial charge in [0.15, 0.2) is 6.79 Å². The number of hydrogen-bond acceptors (Lipinski definition) is 4. The lowest BCUT2D eigenvalue weighted by atomic mass is 10.3. The predicted molar refractivity (Wildman–Crippen MR) is 77.7 cm³/mol. The van der Waals surface area contributed by atoms with Crippen LogP contribution in [0.2, 0.25) is 30.7 Å². The van der Waals surface area contributed by atoms with Crippen LogP contribution in [0.4, 0.5) is 5.69 Å². The Morgan fingerprint density at radius 3 is 2.58 bits per heavy atom. The van der Waals surface area contributed by atoms with Gasteiger partial charge in [0.25, 0.3) is 5.69 Å². The van der Waals surface area contributed by atoms with Gasteiger partial charge in [0.1, 0.15) is 5.75 Å². The summed E-state index contributed by atoms with van der Waals surface area (Å²) in [5.74, 6) is 0.389. The molecule has 0 aromatic heterocycles. The molecule has 0 saturated heterocycles. The van der Waals surface area contributed by atoms with E-state index in [-0.39, 0.29) is 17.5 Å². The van der Waals surface area contributed by atoms with Gasteiger partial charge in [-0.2, -0.15) is 0 Å². The van der Waals surface area contributed by atoms with E-state index in [1.165, 1.54) is 18.2 Å². The molecule has 0 fully saturated rings. The topological polar surface area (TPSA) is 61.6 Å². The smallest absolute Gasteiger partial charge is 0.271 e. The molecule has 0 aliphatic carbocycles. The molecule has 0 radical (unpaired) electrons. The average molecular weight is 304 g/mol. The second kappa shape index (κ2) is 6.88. The van der Waals surface area contributed by atoms with Gasteiger partial charge in [-0.05, 0) is 12.1 Å². The highest BCUT2D eigenvalue weighted by atomic mass is 35.5. The zero-order chi connectivity index (χ0) is 14.5. The van der Waals surface area contributed by atoms with Gasteiger partial charge < -0.3 is 9.47 Å². The standard InChI is InChI=1S/C12H18ClNO4Si/c1-19(2,3)7-6-17-9-18-12-5-4-10(14(15)16)8-11(12)13/h4-5,8H,6-7,9H2,1-3H3. The van der Waals surface area contributed by atoms with E-state index in [9.17, 15) is 10.1 Å². The molecule has 19 heavy (non-hydrogen) atoms. The predicted octanol–water partition coefficient (Wildman–Crippen LogP) is 3.94. The summed E-state index contributed by atoms with van der Waals surface area (Å²) in [5.41, 5.74) is -0.0583. The number of non-ortho nitro benzene ring substituents is 1. The van der Waals surface area contributed by atoms with Crippen molar-refractivity contribution in [2.45, 2.75) is 25.7 Å². The summed E-state index contributed by atoms with van der Waals surface area (Å²) in [6.45, 7) is 7.56. The molecule has 0 bridgehead atoms. The minimum Gasteiger partial charge on any atom is -0.466 e. The van der Waals surface area contributed by atoms with Crippen molar-refractivity contribution in [3.63, 3.8) is 0 Å². The average Bonchev–Trinajstić information content (AvgIpc) is 2.28. The molecule has 7 heteroatoms. The Morgan fingerprint density at radius 2 is 2.05 bits per heavy atom. The zero-order valence-corrected chi connectivity index (χ0v) is 13.1. The van der Waals surface area contributed by atoms with Crippen LogP contribution in [0.3, 0.4) is 0 Å². The number of benzene rings is 1. The van der Waals surface area contributed by atoms with Crippen LogP contribution in [-0.2, 0) is 4.74 Å². The van der Waals surface area contributed by atoms with Crippen LogP contribution in [0.25, 0.3) is 0 Å². The zero-order valence-electron chi connectivity index (χ0n) is 11.3. The summed E-state index contributed by atoms with van der Waals surface area (Å²) in [5, 5.41) is 10.8. The third-order valence-electron chi connectivity index (χ3n) is 2.42. The molecule has 1 aromatic carbocycles. The Kier molecular flexibility index (Phi) is 5.77. The summed E-state index contributed by atoms with van der Waals surface area (Å²) < 4.78 is 10.7. The van der Waals surface area contributed by atoms with Crippen molar-refractivity contribution in [2.75, 3.05) is 13.4 Å². The largest absolute Gasteiger partial charge is 0.466 e. The normalized spacial score (nSPS) is 11.4. The fourth-order valence-electron chi connectivity index (χ4n) is 1.26. The lowest BCUT2D eigenvalue weighted by Gasteiger charge is -2.15. The Labute approximate surface area is 118 Å². The quantitative estimate of drug-likeness (QED) is 0.252. The highest BCUT2D eigenvalue weighted by molar-refractivity contribution is 6.76. The molecule has 0 saturated carbocycles. The van der Waals surface area contributed by atoms with E-state index in [1.807, 2.05) is 0 Å². The van der Waals surface area contributed by atoms with E-state index >= 15 is 0 Å². The van der Waals surface area contributed by atoms with Gasteiger partial charge in [-0.25, -0.2) is 0 Å². The van der Waals surface area contributed by atoms with E-state index in [4.69, 9.17) is 21.1 Å². The van der Waals surface area contributed by atoms with E-state index in [2.05, 4.69) is 19.6 Å². The number of nitro groups is 1. The molecule has 106 valence electrons. The monoisotopic (exact) mass is 303 g/mol. The molecule has 0 amide bonds. The lowest BCUT2D eigenvalue weighted by molar-refractivity contribution is -0.384. The lowest BCUT2D eigenvalue weighted by Crippen LogP contribution is -2.22. The number of nitro benzene ring substituents is 1. The minimum atomic E-state index is -1.10. The molecule has 1 rings (SSSR count). The van der Waals surface area contributed by atoms with Crippen LogP contribution < -0.4 is 4.74 Å². The molecule has 0 N–H and O–H groups in total. The van der Waals surface area contributed by atoms with Gasteiger partial charge in [-0.15, -0.1) is 0 Å². The number of hydrogen-bond donors (Lipinski definition) is 0. The van der Waals surface area contributed by atoms with Gasteiger partial charge in [0.05, 0.1) is 9.95 Å². The van der Waals surface area contributed by atoms with Gasteiger partial charge in [-0.1, -0.05) is 31.2 Å². The summed E-state index contributed by atoms with van der Waals surface area (Å²) in [6.07, 6.45) is 0. The molecule has 0 aliphatic heterocycles. The van der Waals surface area contributed by atoms with Gasteiger partial charge in [0, 0.05) is 26.8 Å². The maximum atomic E-state index is 10.5. The van der Waals surface area contributed by atoms with E-state index in [1.54, 1.807) is 0 Å². The van der Waals surface area contributed by atoms with Crippen LogP contribution in [0, 0.1) is 10.1 Å². The highest BCUT2D eigenvalue weighted by Gasteiger charge is 2.13. The van der Waals surface area contributed by atoms with Gasteiger partial charge in [-0.3, -0.25) is 10.1 Å². The van der Waals surface area contributed by atoms with Crippen LogP contribution in [0.5, 0.6) is 5.75 Å². The first kappa shape index (κ1) is 15.9. The first-order chi connectivity index (χ1) is 8.79. The molecular weight excluding hydrogens is 286 g/mol. The summed E-state index contributed by atoms with van der Waals surface area (Å²) in [4.78, 5) is 10.0. The van der Waals surface area contributed by atoms with Crippen LogP contribution in [-0.4, -0.2) is 26.4 Å². The second-order valence-corrected chi connectivity index (χ2v) is 11.4. The third-order valence-corrected chi connectivity index (χ3v) is 4.42. The number of halogens is 1. The second-order valence-electron chi connectivity index (χ2n) is 5.35. The van der Waals surface area contributed by atoms with Crippen molar-refractivity contribution in [1.29, 1.82) is 0 Å².